The van der Waals surface area contributed by atoms with Crippen LogP contribution in [-0.4, -0.2) is 22.1 Å². The second kappa shape index (κ2) is 5.73. The Labute approximate surface area is 127 Å². The van der Waals surface area contributed by atoms with Gasteiger partial charge in [0, 0.05) is 18.8 Å². The smallest absolute Gasteiger partial charge is 0.174 e. The maximum Gasteiger partial charge on any atom is 0.174 e. The minimum absolute atomic E-state index is 0.117. The fourth-order valence-corrected chi connectivity index (χ4v) is 3.13. The van der Waals surface area contributed by atoms with Crippen LogP contribution in [0.15, 0.2) is 34.2 Å². The molecule has 1 aliphatic carbocycles. The molecule has 3 rings (SSSR count). The average Bonchev–Trinajstić information content (AvgIpc) is 3.20. The Kier molecular flexibility index (Phi) is 3.79. The van der Waals surface area contributed by atoms with Gasteiger partial charge in [-0.3, -0.25) is 0 Å². The lowest BCUT2D eigenvalue weighted by molar-refractivity contribution is 0.318. The molecule has 21 heavy (non-hydrogen) atoms. The van der Waals surface area contributed by atoms with Gasteiger partial charge in [0.05, 0.1) is 5.56 Å². The van der Waals surface area contributed by atoms with Crippen molar-refractivity contribution in [1.29, 1.82) is 0 Å². The Morgan fingerprint density at radius 2 is 2.33 bits per heavy atom. The number of rotatable bonds is 5. The van der Waals surface area contributed by atoms with Crippen molar-refractivity contribution in [3.05, 3.63) is 45.8 Å². The van der Waals surface area contributed by atoms with Crippen LogP contribution in [0.4, 0.5) is 5.82 Å². The second-order valence-corrected chi connectivity index (χ2v) is 6.08. The molecule has 3 N–H and O–H groups in total. The number of aromatic nitrogens is 1. The zero-order valence-corrected chi connectivity index (χ0v) is 12.7. The molecule has 1 saturated carbocycles. The SMILES string of the molecule is Cc1ccnc(N(Cc2ccsc2)C2CC2)c1/C(N)=N/O. The predicted octanol–water partition coefficient (Wildman–Crippen LogP) is 2.72. The lowest BCUT2D eigenvalue weighted by Crippen LogP contribution is -2.29. The van der Waals surface area contributed by atoms with Crippen LogP contribution in [-0.2, 0) is 6.54 Å². The molecule has 1 aliphatic rings. The van der Waals surface area contributed by atoms with Crippen molar-refractivity contribution in [1.82, 2.24) is 4.98 Å². The highest BCUT2D eigenvalue weighted by atomic mass is 32.1. The van der Waals surface area contributed by atoms with Gasteiger partial charge in [0.15, 0.2) is 5.84 Å². The van der Waals surface area contributed by atoms with Gasteiger partial charge in [-0.1, -0.05) is 5.16 Å². The summed E-state index contributed by atoms with van der Waals surface area (Å²) >= 11 is 1.69. The molecule has 0 atom stereocenters. The highest BCUT2D eigenvalue weighted by Crippen LogP contribution is 2.34. The lowest BCUT2D eigenvalue weighted by atomic mass is 10.1. The highest BCUT2D eigenvalue weighted by molar-refractivity contribution is 7.07. The fourth-order valence-electron chi connectivity index (χ4n) is 2.47. The van der Waals surface area contributed by atoms with E-state index in [1.54, 1.807) is 17.5 Å². The molecule has 0 saturated heterocycles. The van der Waals surface area contributed by atoms with Gasteiger partial charge in [-0.15, -0.1) is 0 Å². The number of amidine groups is 1. The third kappa shape index (κ3) is 2.85. The lowest BCUT2D eigenvalue weighted by Gasteiger charge is -2.26. The molecule has 0 spiro atoms. The molecule has 0 bridgehead atoms. The first-order valence-electron chi connectivity index (χ1n) is 6.92. The zero-order chi connectivity index (χ0) is 14.8. The van der Waals surface area contributed by atoms with E-state index in [1.165, 1.54) is 5.56 Å². The molecule has 1 fully saturated rings. The summed E-state index contributed by atoms with van der Waals surface area (Å²) in [6, 6.07) is 4.50. The quantitative estimate of drug-likeness (QED) is 0.385. The monoisotopic (exact) mass is 302 g/mol. The van der Waals surface area contributed by atoms with Crippen molar-refractivity contribution >= 4 is 23.0 Å². The van der Waals surface area contributed by atoms with Crippen molar-refractivity contribution in [2.24, 2.45) is 10.9 Å². The normalized spacial score (nSPS) is 15.2. The largest absolute Gasteiger partial charge is 0.409 e. The third-order valence-corrected chi connectivity index (χ3v) is 4.43. The molecule has 0 unspecified atom stereocenters. The first-order chi connectivity index (χ1) is 10.2. The summed E-state index contributed by atoms with van der Waals surface area (Å²) in [4.78, 5) is 6.77. The topological polar surface area (TPSA) is 74.7 Å². The summed E-state index contributed by atoms with van der Waals surface area (Å²) in [7, 11) is 0. The third-order valence-electron chi connectivity index (χ3n) is 3.70. The number of nitrogens with zero attached hydrogens (tertiary/aromatic N) is 3. The van der Waals surface area contributed by atoms with Crippen LogP contribution in [0.1, 0.15) is 29.5 Å². The molecule has 0 aliphatic heterocycles. The molecule has 5 nitrogen and oxygen atoms in total. The van der Waals surface area contributed by atoms with Crippen molar-refractivity contribution in [2.75, 3.05) is 4.90 Å². The summed E-state index contributed by atoms with van der Waals surface area (Å²) < 4.78 is 0. The molecule has 2 aromatic heterocycles. The molecule has 0 radical (unpaired) electrons. The van der Waals surface area contributed by atoms with Crippen LogP contribution in [0.2, 0.25) is 0 Å². The van der Waals surface area contributed by atoms with Crippen LogP contribution in [0.3, 0.4) is 0 Å². The van der Waals surface area contributed by atoms with Gasteiger partial charge >= 0.3 is 0 Å². The van der Waals surface area contributed by atoms with E-state index in [9.17, 15) is 0 Å². The number of nitrogens with two attached hydrogens (primary N) is 1. The van der Waals surface area contributed by atoms with Gasteiger partial charge in [-0.05, 0) is 53.8 Å². The summed E-state index contributed by atoms with van der Waals surface area (Å²) in [5.74, 6) is 0.922. The van der Waals surface area contributed by atoms with E-state index in [2.05, 4.69) is 31.9 Å². The Hall–Kier alpha value is -2.08. The van der Waals surface area contributed by atoms with Gasteiger partial charge < -0.3 is 15.8 Å². The summed E-state index contributed by atoms with van der Waals surface area (Å²) in [6.45, 7) is 2.75. The number of pyridine rings is 1. The van der Waals surface area contributed by atoms with Gasteiger partial charge in [0.2, 0.25) is 0 Å². The number of oxime groups is 1. The summed E-state index contributed by atoms with van der Waals surface area (Å²) in [5.41, 5.74) is 8.82. The van der Waals surface area contributed by atoms with Gasteiger partial charge in [-0.25, -0.2) is 4.98 Å². The van der Waals surface area contributed by atoms with E-state index in [1.807, 2.05) is 13.0 Å². The highest BCUT2D eigenvalue weighted by Gasteiger charge is 2.32. The van der Waals surface area contributed by atoms with Crippen LogP contribution in [0.25, 0.3) is 0 Å². The summed E-state index contributed by atoms with van der Waals surface area (Å²) in [6.07, 6.45) is 4.10. The number of anilines is 1. The Bertz CT molecular complexity index is 650. The molecule has 0 amide bonds. The van der Waals surface area contributed by atoms with Crippen molar-refractivity contribution in [2.45, 2.75) is 32.4 Å². The van der Waals surface area contributed by atoms with Crippen molar-refractivity contribution in [3.63, 3.8) is 0 Å². The number of hydrogen-bond donors (Lipinski definition) is 2. The molecule has 6 heteroatoms. The minimum Gasteiger partial charge on any atom is -0.409 e. The average molecular weight is 302 g/mol. The number of hydrogen-bond acceptors (Lipinski definition) is 5. The van der Waals surface area contributed by atoms with E-state index in [4.69, 9.17) is 10.9 Å². The first kappa shape index (κ1) is 13.9. The second-order valence-electron chi connectivity index (χ2n) is 5.30. The molecule has 0 aromatic carbocycles. The first-order valence-corrected chi connectivity index (χ1v) is 7.86. The van der Waals surface area contributed by atoms with E-state index >= 15 is 0 Å². The number of thiophene rings is 1. The fraction of sp³-hybridized carbons (Fsp3) is 0.333. The summed E-state index contributed by atoms with van der Waals surface area (Å²) in [5, 5.41) is 16.4. The maximum atomic E-state index is 9.05. The maximum absolute atomic E-state index is 9.05. The van der Waals surface area contributed by atoms with E-state index < -0.39 is 0 Å². The van der Waals surface area contributed by atoms with Gasteiger partial charge in [0.25, 0.3) is 0 Å². The molecule has 2 heterocycles. The molecular formula is C15H18N4OS. The van der Waals surface area contributed by atoms with Gasteiger partial charge in [-0.2, -0.15) is 11.3 Å². The van der Waals surface area contributed by atoms with Gasteiger partial charge in [0.1, 0.15) is 5.82 Å². The van der Waals surface area contributed by atoms with Crippen LogP contribution < -0.4 is 10.6 Å². The zero-order valence-electron chi connectivity index (χ0n) is 11.9. The molecular weight excluding hydrogens is 284 g/mol. The van der Waals surface area contributed by atoms with E-state index in [0.29, 0.717) is 6.04 Å². The number of aryl methyl sites for hydroxylation is 1. The van der Waals surface area contributed by atoms with Crippen LogP contribution in [0.5, 0.6) is 0 Å². The standard InChI is InChI=1S/C15H18N4OS/c1-10-4-6-17-15(13(10)14(16)18-20)19(12-2-3-12)8-11-5-7-21-9-11/h4-7,9,12,20H,2-3,8H2,1H3,(H2,16,18). The molecule has 110 valence electrons. The van der Waals surface area contributed by atoms with E-state index in [0.717, 1.165) is 36.3 Å². The Morgan fingerprint density at radius 3 is 2.95 bits per heavy atom. The van der Waals surface area contributed by atoms with Crippen LogP contribution in [0, 0.1) is 6.92 Å². The molecule has 2 aromatic rings. The predicted molar refractivity (Wildman–Crippen MR) is 85.0 cm³/mol. The van der Waals surface area contributed by atoms with Crippen LogP contribution >= 0.6 is 11.3 Å². The van der Waals surface area contributed by atoms with E-state index in [-0.39, 0.29) is 5.84 Å². The Balaban J connectivity index is 2.01. The van der Waals surface area contributed by atoms with Crippen molar-refractivity contribution in [3.8, 4) is 0 Å². The van der Waals surface area contributed by atoms with Crippen molar-refractivity contribution < 1.29 is 5.21 Å². The minimum atomic E-state index is 0.117. The Morgan fingerprint density at radius 1 is 1.52 bits per heavy atom.